The zero-order valence-electron chi connectivity index (χ0n) is 48.4. The minimum atomic E-state index is -0.963. The number of aliphatic imine (C=N–C) groups is 1. The Kier molecular flexibility index (Phi) is 20.3. The van der Waals surface area contributed by atoms with Gasteiger partial charge in [-0.1, -0.05) is 102 Å². The molecule has 1 unspecified atom stereocenters. The van der Waals surface area contributed by atoms with Crippen LogP contribution in [-0.2, 0) is 46.6 Å². The third-order valence-corrected chi connectivity index (χ3v) is 16.2. The fourth-order valence-electron chi connectivity index (χ4n) is 10.9. The van der Waals surface area contributed by atoms with Crippen molar-refractivity contribution in [3.63, 3.8) is 0 Å². The molecule has 1 aromatic heterocycles. The second-order valence-corrected chi connectivity index (χ2v) is 24.4. The van der Waals surface area contributed by atoms with Crippen LogP contribution in [0.3, 0.4) is 0 Å². The summed E-state index contributed by atoms with van der Waals surface area (Å²) in [6.07, 6.45) is 3.90. The topological polar surface area (TPSA) is 237 Å². The largest absolute Gasteiger partial charge is 0.449 e. The number of thiophene rings is 1. The lowest BCUT2D eigenvalue weighted by Crippen LogP contribution is -2.56. The molecule has 19 nitrogen and oxygen atoms in total. The first kappa shape index (κ1) is 60.5. The average Bonchev–Trinajstić information content (AvgIpc) is 4.28. The van der Waals surface area contributed by atoms with Gasteiger partial charge in [-0.05, 0) is 96.0 Å². The van der Waals surface area contributed by atoms with E-state index in [1.807, 2.05) is 95.0 Å². The fraction of sp³-hybridized carbons (Fsp3) is 0.484. The van der Waals surface area contributed by atoms with Crippen molar-refractivity contribution in [2.45, 2.75) is 124 Å². The Hall–Kier alpha value is -7.58. The van der Waals surface area contributed by atoms with Gasteiger partial charge in [0, 0.05) is 93.8 Å². The summed E-state index contributed by atoms with van der Waals surface area (Å²) < 4.78 is 11.4. The minimum Gasteiger partial charge on any atom is -0.449 e. The number of hydrogen-bond donors (Lipinski definition) is 5. The highest BCUT2D eigenvalue weighted by Crippen LogP contribution is 2.44. The number of nitrogens with one attached hydrogen (secondary N) is 4. The lowest BCUT2D eigenvalue weighted by molar-refractivity contribution is -0.140. The number of amidine groups is 1. The number of fused-ring (bicyclic) bond motifs is 4. The lowest BCUT2D eigenvalue weighted by Gasteiger charge is -2.33. The summed E-state index contributed by atoms with van der Waals surface area (Å²) in [4.78, 5) is 108. The van der Waals surface area contributed by atoms with E-state index in [1.54, 1.807) is 47.4 Å². The first-order valence-corrected chi connectivity index (χ1v) is 29.5. The molecule has 3 aromatic carbocycles. The van der Waals surface area contributed by atoms with Gasteiger partial charge >= 0.3 is 12.2 Å². The predicted molar refractivity (Wildman–Crippen MR) is 318 cm³/mol. The number of rotatable bonds is 21. The fourth-order valence-corrected chi connectivity index (χ4v) is 12.1. The van der Waals surface area contributed by atoms with E-state index in [9.17, 15) is 33.6 Å². The van der Waals surface area contributed by atoms with Gasteiger partial charge in [0.1, 0.15) is 37.2 Å². The van der Waals surface area contributed by atoms with Crippen LogP contribution >= 0.6 is 11.3 Å². The monoisotopic (exact) mass is 1140 g/mol. The van der Waals surface area contributed by atoms with Crippen molar-refractivity contribution >= 4 is 76.3 Å². The van der Waals surface area contributed by atoms with E-state index in [-0.39, 0.29) is 48.7 Å². The van der Waals surface area contributed by atoms with E-state index < -0.39 is 48.0 Å². The van der Waals surface area contributed by atoms with Gasteiger partial charge in [-0.25, -0.2) is 14.6 Å². The number of nitrogens with zero attached hydrogens (tertiary/aromatic N) is 5. The molecule has 1 aliphatic carbocycles. The Bertz CT molecular complexity index is 2990. The third-order valence-electron chi connectivity index (χ3n) is 15.1. The van der Waals surface area contributed by atoms with E-state index in [4.69, 9.17) is 15.2 Å². The molecule has 0 saturated carbocycles. The molecule has 4 aromatic rings. The van der Waals surface area contributed by atoms with E-state index in [1.165, 1.54) is 4.90 Å². The van der Waals surface area contributed by atoms with Crippen LogP contribution in [0.4, 0.5) is 21.0 Å². The van der Waals surface area contributed by atoms with Crippen molar-refractivity contribution < 1.29 is 43.0 Å². The zero-order valence-corrected chi connectivity index (χ0v) is 49.2. The summed E-state index contributed by atoms with van der Waals surface area (Å²) >= 11 is 1.58. The SMILES string of the molecule is CCCN(CCCNC(=O)CC(C)(C)C)C(=O)C1=Cc2sc(CN3CCN(C(=O)OCc4ccc(NC(=O)C(NC(=O)[C@@H]5CCCN5C(=O)[C@@H](C)NC(=O)OCC5c6ccccc6-c6ccccc65)C(C)C)cc4)CC3)cc2N=C(N)C1. The number of carbonyl (C=O) groups excluding carboxylic acids is 7. The number of benzene rings is 3. The van der Waals surface area contributed by atoms with Gasteiger partial charge < -0.3 is 51.2 Å². The van der Waals surface area contributed by atoms with Crippen LogP contribution in [0.5, 0.6) is 0 Å². The Morgan fingerprint density at radius 1 is 0.854 bits per heavy atom. The first-order valence-electron chi connectivity index (χ1n) is 28.7. The molecule has 0 spiro atoms. The van der Waals surface area contributed by atoms with Gasteiger partial charge in [0.15, 0.2) is 0 Å². The van der Waals surface area contributed by atoms with Crippen molar-refractivity contribution in [3.05, 3.63) is 111 Å². The normalized spacial score (nSPS) is 16.8. The van der Waals surface area contributed by atoms with E-state index in [2.05, 4.69) is 43.3 Å². The zero-order chi connectivity index (χ0) is 58.7. The van der Waals surface area contributed by atoms with Crippen molar-refractivity contribution in [1.82, 2.24) is 35.6 Å². The highest BCUT2D eigenvalue weighted by molar-refractivity contribution is 7.13. The quantitative estimate of drug-likeness (QED) is 0.0499. The van der Waals surface area contributed by atoms with E-state index in [0.29, 0.717) is 102 Å². The van der Waals surface area contributed by atoms with Gasteiger partial charge in [0.05, 0.1) is 10.6 Å². The molecule has 2 saturated heterocycles. The molecular formula is C62H80N10O9S. The maximum Gasteiger partial charge on any atom is 0.410 e. The van der Waals surface area contributed by atoms with Crippen LogP contribution in [0.15, 0.2) is 89.4 Å². The second kappa shape index (κ2) is 27.5. The molecule has 3 atom stereocenters. The number of nitrogens with two attached hydrogens (primary N) is 1. The Balaban J connectivity index is 0.752. The Labute approximate surface area is 485 Å². The highest BCUT2D eigenvalue weighted by Gasteiger charge is 2.39. The van der Waals surface area contributed by atoms with Crippen molar-refractivity contribution in [2.24, 2.45) is 22.1 Å². The van der Waals surface area contributed by atoms with Crippen LogP contribution in [0.2, 0.25) is 0 Å². The van der Waals surface area contributed by atoms with Crippen LogP contribution in [0.1, 0.15) is 119 Å². The summed E-state index contributed by atoms with van der Waals surface area (Å²) in [5.74, 6) is -1.42. The number of likely N-dealkylation sites (tertiary alicyclic amines) is 1. The maximum atomic E-state index is 13.9. The summed E-state index contributed by atoms with van der Waals surface area (Å²) in [6, 6.07) is 22.3. The highest BCUT2D eigenvalue weighted by atomic mass is 32.1. The Morgan fingerprint density at radius 3 is 2.20 bits per heavy atom. The van der Waals surface area contributed by atoms with E-state index >= 15 is 0 Å². The molecule has 438 valence electrons. The molecule has 7 amide bonds. The first-order chi connectivity index (χ1) is 39.2. The summed E-state index contributed by atoms with van der Waals surface area (Å²) in [7, 11) is 0. The third kappa shape index (κ3) is 15.7. The van der Waals surface area contributed by atoms with E-state index in [0.717, 1.165) is 49.7 Å². The predicted octanol–water partition coefficient (Wildman–Crippen LogP) is 8.16. The molecule has 0 radical (unpaired) electrons. The van der Waals surface area contributed by atoms with Crippen molar-refractivity contribution in [2.75, 3.05) is 64.3 Å². The molecule has 2 fully saturated rings. The minimum absolute atomic E-state index is 0.0108. The molecule has 3 aliphatic heterocycles. The number of piperazine rings is 1. The number of ether oxygens (including phenoxy) is 2. The van der Waals surface area contributed by atoms with Crippen LogP contribution in [0, 0.1) is 11.3 Å². The number of alkyl carbamates (subject to hydrolysis) is 1. The summed E-state index contributed by atoms with van der Waals surface area (Å²) in [5, 5.41) is 11.4. The molecule has 8 rings (SSSR count). The molecule has 0 bridgehead atoms. The van der Waals surface area contributed by atoms with Gasteiger partial charge in [0.25, 0.3) is 0 Å². The summed E-state index contributed by atoms with van der Waals surface area (Å²) in [6.45, 7) is 18.3. The van der Waals surface area contributed by atoms with Crippen LogP contribution in [0.25, 0.3) is 17.2 Å². The smallest absolute Gasteiger partial charge is 0.410 e. The molecule has 6 N–H and O–H groups in total. The van der Waals surface area contributed by atoms with Gasteiger partial charge in [-0.15, -0.1) is 11.3 Å². The lowest BCUT2D eigenvalue weighted by atomic mass is 9.92. The van der Waals surface area contributed by atoms with Crippen LogP contribution < -0.4 is 27.0 Å². The van der Waals surface area contributed by atoms with Crippen molar-refractivity contribution in [1.29, 1.82) is 0 Å². The molecule has 20 heteroatoms. The molecule has 4 aliphatic rings. The molecular weight excluding hydrogens is 1060 g/mol. The maximum absolute atomic E-state index is 13.9. The summed E-state index contributed by atoms with van der Waals surface area (Å²) in [5.41, 5.74) is 13.2. The van der Waals surface area contributed by atoms with Crippen molar-refractivity contribution in [3.8, 4) is 11.1 Å². The second-order valence-electron chi connectivity index (χ2n) is 23.3. The molecule has 82 heavy (non-hydrogen) atoms. The van der Waals surface area contributed by atoms with Gasteiger partial charge in [-0.2, -0.15) is 0 Å². The van der Waals surface area contributed by atoms with Gasteiger partial charge in [-0.3, -0.25) is 28.9 Å². The molecule has 4 heterocycles. The number of amides is 7. The van der Waals surface area contributed by atoms with Crippen LogP contribution in [-0.4, -0.2) is 144 Å². The van der Waals surface area contributed by atoms with Gasteiger partial charge in [0.2, 0.25) is 29.5 Å². The standard InChI is InChI=1S/C62H80N10O9S/c1-8-25-70(26-14-24-64-54(73)35-62(5,6)7)59(77)42-32-52-50(67-53(63)33-42)34-44(82-52)36-69-28-30-71(31-29-69)61(79)81-37-41-20-22-43(23-21-41)66-57(75)55(39(2)3)68-56(74)51-19-13-27-72(51)58(76)40(4)65-60(78)80-38-49-47-17-11-9-15-45(47)46-16-10-12-18-48(46)49/h9-12,15-18,20-23,32,34,39-40,49,51,55H,8,13-14,19,24-31,33,35-38H2,1-7H3,(H2,63,67)(H,64,73)(H,65,78)(H,66,75)(H,68,74)/t40-,51+,55?/m1/s1. The number of anilines is 1. The number of hydrogen-bond acceptors (Lipinski definition) is 13. The Morgan fingerprint density at radius 2 is 1.54 bits per heavy atom. The number of carbonyl (C=O) groups is 7. The average molecular weight is 1140 g/mol.